The summed E-state index contributed by atoms with van der Waals surface area (Å²) in [5.74, 6) is 0. The Morgan fingerprint density at radius 2 is 1.68 bits per heavy atom. The molecule has 0 spiro atoms. The van der Waals surface area contributed by atoms with Crippen LogP contribution < -0.4 is 0 Å². The third-order valence-corrected chi connectivity index (χ3v) is 4.40. The first-order valence-electron chi connectivity index (χ1n) is 6.34. The third-order valence-electron chi connectivity index (χ3n) is 2.91. The molecule has 2 nitrogen and oxygen atoms in total. The smallest absolute Gasteiger partial charge is 0.145 e. The lowest BCUT2D eigenvalue weighted by Crippen LogP contribution is -2.20. The fraction of sp³-hybridized carbons (Fsp3) is 0.312. The zero-order valence-corrected chi connectivity index (χ0v) is 12.6. The summed E-state index contributed by atoms with van der Waals surface area (Å²) in [4.78, 5) is 0. The Morgan fingerprint density at radius 1 is 1.05 bits per heavy atom. The molecule has 2 aromatic carbocycles. The molecule has 0 radical (unpaired) electrons. The molecule has 0 bridgehead atoms. The zero-order valence-electron chi connectivity index (χ0n) is 11.8. The molecule has 0 saturated heterocycles. The first-order valence-corrected chi connectivity index (χ1v) is 7.45. The number of benzene rings is 2. The van der Waals surface area contributed by atoms with Crippen molar-refractivity contribution in [3.8, 4) is 0 Å². The number of nitrogens with zero attached hydrogens (tertiary/aromatic N) is 1. The molecule has 0 fully saturated rings. The number of hydrogen-bond donors (Lipinski definition) is 0. The molecule has 0 aliphatic carbocycles. The number of fused-ring (bicyclic) bond motifs is 1. The van der Waals surface area contributed by atoms with Gasteiger partial charge in [0.15, 0.2) is 0 Å². The number of rotatable bonds is 2. The molecule has 19 heavy (non-hydrogen) atoms. The van der Waals surface area contributed by atoms with Crippen LogP contribution in [0.15, 0.2) is 46.9 Å². The average Bonchev–Trinajstić information content (AvgIpc) is 2.37. The molecular weight excluding hydrogens is 254 g/mol. The maximum Gasteiger partial charge on any atom is 0.145 e. The molecule has 0 aromatic heterocycles. The maximum absolute atomic E-state index is 12.0. The second-order valence-corrected chi connectivity index (χ2v) is 7.51. The van der Waals surface area contributed by atoms with Crippen LogP contribution in [-0.2, 0) is 11.0 Å². The van der Waals surface area contributed by atoms with Gasteiger partial charge in [0.1, 0.15) is 11.0 Å². The largest absolute Gasteiger partial charge is 0.234 e. The minimum absolute atomic E-state index is 0.321. The van der Waals surface area contributed by atoms with E-state index < -0.39 is 11.0 Å². The lowest BCUT2D eigenvalue weighted by molar-refractivity contribution is 0.650. The SMILES string of the molecule is C/C(=N\S(=O)C(C)(C)C)c1ccc2ccccc2c1. The van der Waals surface area contributed by atoms with E-state index >= 15 is 0 Å². The number of hydrogen-bond acceptors (Lipinski definition) is 1. The molecular formula is C16H19NOS. The Labute approximate surface area is 117 Å². The Hall–Kier alpha value is -1.48. The van der Waals surface area contributed by atoms with Gasteiger partial charge in [0.05, 0.1) is 10.5 Å². The quantitative estimate of drug-likeness (QED) is 0.757. The lowest BCUT2D eigenvalue weighted by atomic mass is 10.1. The van der Waals surface area contributed by atoms with E-state index in [1.807, 2.05) is 45.9 Å². The van der Waals surface area contributed by atoms with Crippen LogP contribution in [0.4, 0.5) is 0 Å². The maximum atomic E-state index is 12.0. The van der Waals surface area contributed by atoms with Crippen molar-refractivity contribution in [2.75, 3.05) is 0 Å². The second-order valence-electron chi connectivity index (χ2n) is 5.60. The second kappa shape index (κ2) is 5.25. The van der Waals surface area contributed by atoms with Gasteiger partial charge in [-0.15, -0.1) is 0 Å². The van der Waals surface area contributed by atoms with Crippen LogP contribution in [0.25, 0.3) is 10.8 Å². The highest BCUT2D eigenvalue weighted by molar-refractivity contribution is 7.85. The van der Waals surface area contributed by atoms with Crippen molar-refractivity contribution < 1.29 is 4.21 Å². The highest BCUT2D eigenvalue weighted by atomic mass is 32.2. The van der Waals surface area contributed by atoms with E-state index in [0.29, 0.717) is 0 Å². The third kappa shape index (κ3) is 3.29. The predicted molar refractivity (Wildman–Crippen MR) is 84.1 cm³/mol. The molecule has 2 rings (SSSR count). The molecule has 0 heterocycles. The molecule has 0 N–H and O–H groups in total. The summed E-state index contributed by atoms with van der Waals surface area (Å²) in [7, 11) is -1.21. The van der Waals surface area contributed by atoms with Gasteiger partial charge in [-0.05, 0) is 50.1 Å². The van der Waals surface area contributed by atoms with Crippen molar-refractivity contribution in [1.29, 1.82) is 0 Å². The molecule has 0 aliphatic rings. The van der Waals surface area contributed by atoms with Crippen LogP contribution in [0.5, 0.6) is 0 Å². The molecule has 0 amide bonds. The van der Waals surface area contributed by atoms with Crippen LogP contribution in [-0.4, -0.2) is 14.7 Å². The van der Waals surface area contributed by atoms with Gasteiger partial charge in [-0.2, -0.15) is 4.40 Å². The molecule has 0 saturated carbocycles. The van der Waals surface area contributed by atoms with Crippen molar-refractivity contribution >= 4 is 27.5 Å². The summed E-state index contributed by atoms with van der Waals surface area (Å²) in [5.41, 5.74) is 1.84. The van der Waals surface area contributed by atoms with Gasteiger partial charge in [0, 0.05) is 0 Å². The van der Waals surface area contributed by atoms with E-state index in [2.05, 4.69) is 28.7 Å². The normalized spacial score (nSPS) is 14.6. The van der Waals surface area contributed by atoms with Crippen molar-refractivity contribution in [3.05, 3.63) is 48.0 Å². The van der Waals surface area contributed by atoms with Gasteiger partial charge in [0.2, 0.25) is 0 Å². The summed E-state index contributed by atoms with van der Waals surface area (Å²) in [5, 5.41) is 2.38. The first kappa shape index (κ1) is 13.9. The Bertz CT molecular complexity index is 653. The van der Waals surface area contributed by atoms with Gasteiger partial charge >= 0.3 is 0 Å². The summed E-state index contributed by atoms with van der Waals surface area (Å²) in [6, 6.07) is 14.4. The lowest BCUT2D eigenvalue weighted by Gasteiger charge is -2.14. The summed E-state index contributed by atoms with van der Waals surface area (Å²) < 4.78 is 16.0. The summed E-state index contributed by atoms with van der Waals surface area (Å²) in [6.07, 6.45) is 0. The van der Waals surface area contributed by atoms with E-state index in [0.717, 1.165) is 11.3 Å². The zero-order chi connectivity index (χ0) is 14.0. The standard InChI is InChI=1S/C16H19NOS/c1-12(17-19(18)16(2,3)4)14-10-9-13-7-5-6-8-15(13)11-14/h5-11H,1-4H3/b17-12+. The highest BCUT2D eigenvalue weighted by Gasteiger charge is 2.19. The molecule has 100 valence electrons. The van der Waals surface area contributed by atoms with Crippen molar-refractivity contribution in [2.24, 2.45) is 4.40 Å². The van der Waals surface area contributed by atoms with Gasteiger partial charge in [-0.1, -0.05) is 36.4 Å². The van der Waals surface area contributed by atoms with Gasteiger partial charge in [-0.25, -0.2) is 4.21 Å². The Balaban J connectivity index is 2.39. The minimum Gasteiger partial charge on any atom is -0.234 e. The van der Waals surface area contributed by atoms with Crippen LogP contribution in [0.3, 0.4) is 0 Å². The van der Waals surface area contributed by atoms with Crippen LogP contribution in [0, 0.1) is 0 Å². The van der Waals surface area contributed by atoms with Crippen LogP contribution in [0.1, 0.15) is 33.3 Å². The topological polar surface area (TPSA) is 29.4 Å². The summed E-state index contributed by atoms with van der Waals surface area (Å²) >= 11 is 0. The predicted octanol–water partition coefficient (Wildman–Crippen LogP) is 4.11. The summed E-state index contributed by atoms with van der Waals surface area (Å²) in [6.45, 7) is 7.70. The van der Waals surface area contributed by atoms with Crippen LogP contribution >= 0.6 is 0 Å². The molecule has 1 atom stereocenters. The average molecular weight is 273 g/mol. The van der Waals surface area contributed by atoms with Crippen molar-refractivity contribution in [1.82, 2.24) is 0 Å². The fourth-order valence-corrected chi connectivity index (χ4v) is 2.36. The van der Waals surface area contributed by atoms with E-state index in [4.69, 9.17) is 0 Å². The van der Waals surface area contributed by atoms with Crippen LogP contribution in [0.2, 0.25) is 0 Å². The van der Waals surface area contributed by atoms with Gasteiger partial charge < -0.3 is 0 Å². The first-order chi connectivity index (χ1) is 8.88. The van der Waals surface area contributed by atoms with E-state index in [1.165, 1.54) is 10.8 Å². The fourth-order valence-electron chi connectivity index (χ4n) is 1.73. The van der Waals surface area contributed by atoms with Crippen molar-refractivity contribution in [2.45, 2.75) is 32.4 Å². The minimum atomic E-state index is -1.21. The van der Waals surface area contributed by atoms with Gasteiger partial charge in [0.25, 0.3) is 0 Å². The Morgan fingerprint density at radius 3 is 2.32 bits per heavy atom. The molecule has 1 unspecified atom stereocenters. The van der Waals surface area contributed by atoms with Crippen molar-refractivity contribution in [3.63, 3.8) is 0 Å². The molecule has 0 aliphatic heterocycles. The molecule has 2 aromatic rings. The highest BCUT2D eigenvalue weighted by Crippen LogP contribution is 2.18. The van der Waals surface area contributed by atoms with E-state index in [1.54, 1.807) is 0 Å². The molecule has 3 heteroatoms. The monoisotopic (exact) mass is 273 g/mol. The Kier molecular flexibility index (Phi) is 3.85. The van der Waals surface area contributed by atoms with E-state index in [9.17, 15) is 4.21 Å². The van der Waals surface area contributed by atoms with Gasteiger partial charge in [-0.3, -0.25) is 0 Å². The van der Waals surface area contributed by atoms with E-state index in [-0.39, 0.29) is 4.75 Å².